The van der Waals surface area contributed by atoms with Crippen LogP contribution in [-0.4, -0.2) is 28.8 Å². The number of amides is 2. The normalized spacial score (nSPS) is 32.8. The third kappa shape index (κ3) is 1.46. The van der Waals surface area contributed by atoms with Gasteiger partial charge in [0.05, 0.1) is 6.04 Å². The highest BCUT2D eigenvalue weighted by atomic mass is 16.2. The Kier molecular flexibility index (Phi) is 2.37. The van der Waals surface area contributed by atoms with Crippen LogP contribution in [0.3, 0.4) is 0 Å². The van der Waals surface area contributed by atoms with E-state index in [1.54, 1.807) is 0 Å². The van der Waals surface area contributed by atoms with E-state index >= 15 is 0 Å². The van der Waals surface area contributed by atoms with Crippen molar-refractivity contribution in [3.05, 3.63) is 12.2 Å². The van der Waals surface area contributed by atoms with Gasteiger partial charge in [0.25, 0.3) is 11.8 Å². The molecule has 2 amide bonds. The molecule has 0 aromatic carbocycles. The number of hydrogen-bond donors (Lipinski definition) is 1. The van der Waals surface area contributed by atoms with Gasteiger partial charge in [-0.3, -0.25) is 14.5 Å². The summed E-state index contributed by atoms with van der Waals surface area (Å²) < 4.78 is 0. The summed E-state index contributed by atoms with van der Waals surface area (Å²) >= 11 is 0. The van der Waals surface area contributed by atoms with Crippen molar-refractivity contribution in [2.45, 2.75) is 37.8 Å². The first kappa shape index (κ1) is 9.40. The van der Waals surface area contributed by atoms with Gasteiger partial charge in [-0.2, -0.15) is 0 Å². The van der Waals surface area contributed by atoms with E-state index in [2.05, 4.69) is 0 Å². The first-order valence-electron chi connectivity index (χ1n) is 5.01. The average molecular weight is 194 g/mol. The van der Waals surface area contributed by atoms with Crippen molar-refractivity contribution in [2.24, 2.45) is 5.73 Å². The van der Waals surface area contributed by atoms with Gasteiger partial charge in [-0.05, 0) is 12.8 Å². The number of carbonyl (C=O) groups is 2. The van der Waals surface area contributed by atoms with Gasteiger partial charge in [-0.1, -0.05) is 12.8 Å². The maximum Gasteiger partial charge on any atom is 0.253 e. The molecule has 14 heavy (non-hydrogen) atoms. The Morgan fingerprint density at radius 1 is 1.14 bits per heavy atom. The molecule has 0 aromatic rings. The minimum atomic E-state index is -0.211. The summed E-state index contributed by atoms with van der Waals surface area (Å²) in [5.74, 6) is -0.422. The van der Waals surface area contributed by atoms with Gasteiger partial charge < -0.3 is 5.73 Å². The predicted molar refractivity (Wildman–Crippen MR) is 51.2 cm³/mol. The van der Waals surface area contributed by atoms with Gasteiger partial charge in [0, 0.05) is 18.2 Å². The van der Waals surface area contributed by atoms with Crippen molar-refractivity contribution in [2.75, 3.05) is 0 Å². The van der Waals surface area contributed by atoms with Crippen molar-refractivity contribution >= 4 is 11.8 Å². The number of carbonyl (C=O) groups excluding carboxylic acids is 2. The van der Waals surface area contributed by atoms with Crippen LogP contribution in [0.25, 0.3) is 0 Å². The first-order chi connectivity index (χ1) is 6.70. The third-order valence-electron chi connectivity index (χ3n) is 2.96. The van der Waals surface area contributed by atoms with Crippen LogP contribution in [0.15, 0.2) is 12.2 Å². The second-order valence-electron chi connectivity index (χ2n) is 3.90. The van der Waals surface area contributed by atoms with Crippen molar-refractivity contribution in [1.29, 1.82) is 0 Å². The highest BCUT2D eigenvalue weighted by Gasteiger charge is 2.35. The molecule has 1 aliphatic heterocycles. The molecule has 1 fully saturated rings. The SMILES string of the molecule is N[C@H]1CCCC[C@@H]1N1C(=O)C=CC1=O. The van der Waals surface area contributed by atoms with E-state index in [0.29, 0.717) is 0 Å². The maximum atomic E-state index is 11.4. The molecule has 0 aromatic heterocycles. The molecule has 0 saturated heterocycles. The van der Waals surface area contributed by atoms with Crippen LogP contribution >= 0.6 is 0 Å². The maximum absolute atomic E-state index is 11.4. The van der Waals surface area contributed by atoms with Crippen LogP contribution in [0.5, 0.6) is 0 Å². The zero-order valence-electron chi connectivity index (χ0n) is 7.98. The molecule has 4 heteroatoms. The zero-order valence-corrected chi connectivity index (χ0v) is 7.98. The molecule has 0 bridgehead atoms. The summed E-state index contributed by atoms with van der Waals surface area (Å²) in [5.41, 5.74) is 5.91. The summed E-state index contributed by atoms with van der Waals surface area (Å²) in [6, 6.07) is -0.129. The van der Waals surface area contributed by atoms with Crippen molar-refractivity contribution < 1.29 is 9.59 Å². The lowest BCUT2D eigenvalue weighted by Crippen LogP contribution is -2.51. The van der Waals surface area contributed by atoms with E-state index < -0.39 is 0 Å². The van der Waals surface area contributed by atoms with Crippen LogP contribution in [0, 0.1) is 0 Å². The van der Waals surface area contributed by atoms with E-state index in [1.165, 1.54) is 17.1 Å². The molecule has 0 spiro atoms. The molecule has 4 nitrogen and oxygen atoms in total. The van der Waals surface area contributed by atoms with Gasteiger partial charge in [0.1, 0.15) is 0 Å². The Morgan fingerprint density at radius 2 is 1.71 bits per heavy atom. The number of nitrogens with zero attached hydrogens (tertiary/aromatic N) is 1. The first-order valence-corrected chi connectivity index (χ1v) is 5.01. The molecular formula is C10H14N2O2. The van der Waals surface area contributed by atoms with Crippen LogP contribution in [0.1, 0.15) is 25.7 Å². The van der Waals surface area contributed by atoms with Crippen LogP contribution < -0.4 is 5.73 Å². The lowest BCUT2D eigenvalue weighted by atomic mass is 9.90. The molecule has 0 radical (unpaired) electrons. The second kappa shape index (κ2) is 3.53. The topological polar surface area (TPSA) is 63.4 Å². The fourth-order valence-electron chi connectivity index (χ4n) is 2.20. The van der Waals surface area contributed by atoms with Crippen molar-refractivity contribution in [1.82, 2.24) is 4.90 Å². The highest BCUT2D eigenvalue weighted by Crippen LogP contribution is 2.24. The highest BCUT2D eigenvalue weighted by molar-refractivity contribution is 6.13. The Hall–Kier alpha value is -1.16. The summed E-state index contributed by atoms with van der Waals surface area (Å²) in [5, 5.41) is 0. The molecule has 2 rings (SSSR count). The monoisotopic (exact) mass is 194 g/mol. The second-order valence-corrected chi connectivity index (χ2v) is 3.90. The van der Waals surface area contributed by atoms with Gasteiger partial charge in [0.15, 0.2) is 0 Å². The lowest BCUT2D eigenvalue weighted by Gasteiger charge is -2.34. The van der Waals surface area contributed by atoms with Crippen LogP contribution in [0.2, 0.25) is 0 Å². The number of nitrogens with two attached hydrogens (primary N) is 1. The predicted octanol–water partition coefficient (Wildman–Crippen LogP) is 0.181. The average Bonchev–Trinajstić information content (AvgIpc) is 2.48. The number of hydrogen-bond acceptors (Lipinski definition) is 3. The van der Waals surface area contributed by atoms with E-state index in [0.717, 1.165) is 25.7 Å². The summed E-state index contributed by atoms with van der Waals surface area (Å²) in [6.07, 6.45) is 6.55. The molecule has 1 heterocycles. The molecule has 2 N–H and O–H groups in total. The third-order valence-corrected chi connectivity index (χ3v) is 2.96. The summed E-state index contributed by atoms with van der Waals surface area (Å²) in [7, 11) is 0. The number of imide groups is 1. The van der Waals surface area contributed by atoms with Gasteiger partial charge >= 0.3 is 0 Å². The fraction of sp³-hybridized carbons (Fsp3) is 0.600. The van der Waals surface area contributed by atoms with E-state index in [4.69, 9.17) is 5.73 Å². The molecule has 2 aliphatic rings. The Labute approximate surface area is 82.7 Å². The van der Waals surface area contributed by atoms with Crippen LogP contribution in [0.4, 0.5) is 0 Å². The lowest BCUT2D eigenvalue weighted by molar-refractivity contribution is -0.140. The molecule has 76 valence electrons. The molecule has 1 aliphatic carbocycles. The Balaban J connectivity index is 2.13. The molecular weight excluding hydrogens is 180 g/mol. The van der Waals surface area contributed by atoms with Gasteiger partial charge in [0.2, 0.25) is 0 Å². The molecule has 1 saturated carbocycles. The van der Waals surface area contributed by atoms with Crippen molar-refractivity contribution in [3.8, 4) is 0 Å². The standard InChI is InChI=1S/C10H14N2O2/c11-7-3-1-2-4-8(7)12-9(13)5-6-10(12)14/h5-8H,1-4,11H2/t7-,8-/m0/s1. The van der Waals surface area contributed by atoms with Gasteiger partial charge in [-0.15, -0.1) is 0 Å². The largest absolute Gasteiger partial charge is 0.326 e. The van der Waals surface area contributed by atoms with E-state index in [9.17, 15) is 9.59 Å². The summed E-state index contributed by atoms with van der Waals surface area (Å²) in [6.45, 7) is 0. The van der Waals surface area contributed by atoms with E-state index in [1.807, 2.05) is 0 Å². The minimum absolute atomic E-state index is 0.0449. The van der Waals surface area contributed by atoms with Crippen LogP contribution in [-0.2, 0) is 9.59 Å². The Bertz CT molecular complexity index is 280. The molecule has 0 unspecified atom stereocenters. The quantitative estimate of drug-likeness (QED) is 0.606. The minimum Gasteiger partial charge on any atom is -0.326 e. The molecule has 2 atom stereocenters. The van der Waals surface area contributed by atoms with E-state index in [-0.39, 0.29) is 23.9 Å². The Morgan fingerprint density at radius 3 is 2.29 bits per heavy atom. The van der Waals surface area contributed by atoms with Gasteiger partial charge in [-0.25, -0.2) is 0 Å². The fourth-order valence-corrected chi connectivity index (χ4v) is 2.20. The zero-order chi connectivity index (χ0) is 10.1. The summed E-state index contributed by atoms with van der Waals surface area (Å²) in [4.78, 5) is 24.1. The number of rotatable bonds is 1. The van der Waals surface area contributed by atoms with Crippen molar-refractivity contribution in [3.63, 3.8) is 0 Å². The smallest absolute Gasteiger partial charge is 0.253 e.